The normalized spacial score (nSPS) is 15.5. The number of carbonyl (C=O) groups is 1. The van der Waals surface area contributed by atoms with Crippen LogP contribution >= 0.6 is 24.8 Å². The molecule has 2 aromatic rings. The fourth-order valence-electron chi connectivity index (χ4n) is 3.79. The zero-order chi connectivity index (χ0) is 18.4. The number of benzene rings is 2. The lowest BCUT2D eigenvalue weighted by atomic mass is 9.96. The van der Waals surface area contributed by atoms with E-state index in [0.717, 1.165) is 32.7 Å². The van der Waals surface area contributed by atoms with E-state index in [0.29, 0.717) is 0 Å². The highest BCUT2D eigenvalue weighted by molar-refractivity contribution is 5.85. The van der Waals surface area contributed by atoms with Crippen molar-refractivity contribution in [2.45, 2.75) is 13.0 Å². The largest absolute Gasteiger partial charge is 0.340 e. The van der Waals surface area contributed by atoms with Crippen molar-refractivity contribution in [3.63, 3.8) is 0 Å². The average molecular weight is 424 g/mol. The summed E-state index contributed by atoms with van der Waals surface area (Å²) < 4.78 is 0. The molecule has 1 fully saturated rings. The van der Waals surface area contributed by atoms with Gasteiger partial charge in [0.1, 0.15) is 0 Å². The van der Waals surface area contributed by atoms with Gasteiger partial charge in [0.2, 0.25) is 5.91 Å². The Kier molecular flexibility index (Phi) is 10.5. The van der Waals surface area contributed by atoms with Crippen LogP contribution in [0.3, 0.4) is 0 Å². The monoisotopic (exact) mass is 423 g/mol. The van der Waals surface area contributed by atoms with E-state index >= 15 is 0 Å². The van der Waals surface area contributed by atoms with E-state index < -0.39 is 0 Å². The summed E-state index contributed by atoms with van der Waals surface area (Å²) in [5.41, 5.74) is 2.61. The molecule has 1 aliphatic heterocycles. The fraction of sp³-hybridized carbons (Fsp3) is 0.409. The molecular formula is C22H31Cl2N3O. The molecule has 2 aromatic carbocycles. The van der Waals surface area contributed by atoms with Crippen molar-refractivity contribution < 1.29 is 4.79 Å². The number of halogens is 2. The first-order chi connectivity index (χ1) is 12.7. The van der Waals surface area contributed by atoms with E-state index in [-0.39, 0.29) is 42.7 Å². The van der Waals surface area contributed by atoms with Gasteiger partial charge in [-0.25, -0.2) is 0 Å². The highest BCUT2D eigenvalue weighted by Gasteiger charge is 2.29. The van der Waals surface area contributed by atoms with Gasteiger partial charge in [0.25, 0.3) is 0 Å². The fourth-order valence-corrected chi connectivity index (χ4v) is 3.79. The molecule has 1 heterocycles. The molecule has 1 amide bonds. The third-order valence-corrected chi connectivity index (χ3v) is 5.15. The molecule has 3 rings (SSSR count). The van der Waals surface area contributed by atoms with Crippen LogP contribution in [-0.2, 0) is 4.79 Å². The molecule has 0 saturated carbocycles. The number of piperazine rings is 1. The van der Waals surface area contributed by atoms with Crippen molar-refractivity contribution in [1.29, 1.82) is 0 Å². The van der Waals surface area contributed by atoms with Gasteiger partial charge >= 0.3 is 0 Å². The Morgan fingerprint density at radius 2 is 1.36 bits per heavy atom. The summed E-state index contributed by atoms with van der Waals surface area (Å²) >= 11 is 0. The Hall–Kier alpha value is -1.59. The molecule has 6 heteroatoms. The predicted molar refractivity (Wildman–Crippen MR) is 120 cm³/mol. The average Bonchev–Trinajstić information content (AvgIpc) is 2.70. The van der Waals surface area contributed by atoms with Crippen LogP contribution in [0.25, 0.3) is 0 Å². The molecule has 154 valence electrons. The number of rotatable bonds is 6. The molecule has 0 radical (unpaired) electrons. The first-order valence-electron chi connectivity index (χ1n) is 9.48. The summed E-state index contributed by atoms with van der Waals surface area (Å²) in [5.74, 6) is 0.292. The zero-order valence-electron chi connectivity index (χ0n) is 16.6. The molecule has 4 nitrogen and oxygen atoms in total. The van der Waals surface area contributed by atoms with Crippen LogP contribution in [0, 0.1) is 5.92 Å². The van der Waals surface area contributed by atoms with E-state index in [9.17, 15) is 4.79 Å². The number of amides is 1. The molecule has 1 atom stereocenters. The van der Waals surface area contributed by atoms with Crippen molar-refractivity contribution in [2.24, 2.45) is 5.92 Å². The van der Waals surface area contributed by atoms with Crippen molar-refractivity contribution in [3.05, 3.63) is 71.8 Å². The Morgan fingerprint density at radius 3 is 1.79 bits per heavy atom. The Bertz CT molecular complexity index is 652. The van der Waals surface area contributed by atoms with E-state index in [4.69, 9.17) is 0 Å². The zero-order valence-corrected chi connectivity index (χ0v) is 18.2. The van der Waals surface area contributed by atoms with E-state index in [1.165, 1.54) is 11.1 Å². The summed E-state index contributed by atoms with van der Waals surface area (Å²) in [5, 5.41) is 3.10. The summed E-state index contributed by atoms with van der Waals surface area (Å²) in [6.45, 7) is 6.11. The van der Waals surface area contributed by atoms with Crippen molar-refractivity contribution >= 4 is 30.7 Å². The molecule has 0 aromatic heterocycles. The number of nitrogens with zero attached hydrogens (tertiary/aromatic N) is 2. The summed E-state index contributed by atoms with van der Waals surface area (Å²) in [6, 6.07) is 21.6. The predicted octanol–water partition coefficient (Wildman–Crippen LogP) is 3.62. The van der Waals surface area contributed by atoms with Gasteiger partial charge in [0.05, 0.1) is 6.04 Å². The maximum Gasteiger partial charge on any atom is 0.226 e. The quantitative estimate of drug-likeness (QED) is 0.770. The topological polar surface area (TPSA) is 35.6 Å². The summed E-state index contributed by atoms with van der Waals surface area (Å²) in [6.07, 6.45) is 0. The van der Waals surface area contributed by atoms with E-state index in [2.05, 4.69) is 70.9 Å². The molecule has 1 saturated heterocycles. The lowest BCUT2D eigenvalue weighted by Crippen LogP contribution is -2.51. The van der Waals surface area contributed by atoms with Crippen molar-refractivity contribution in [2.75, 3.05) is 39.8 Å². The lowest BCUT2D eigenvalue weighted by molar-refractivity contribution is -0.136. The highest BCUT2D eigenvalue weighted by atomic mass is 35.5. The van der Waals surface area contributed by atoms with Gasteiger partial charge in [0, 0.05) is 38.6 Å². The van der Waals surface area contributed by atoms with Crippen LogP contribution in [0.2, 0.25) is 0 Å². The maximum absolute atomic E-state index is 12.6. The number of carbonyl (C=O) groups excluding carboxylic acids is 1. The Balaban J connectivity index is 0.00000196. The van der Waals surface area contributed by atoms with Gasteiger partial charge in [-0.2, -0.15) is 0 Å². The first kappa shape index (κ1) is 24.4. The number of hydrogen-bond acceptors (Lipinski definition) is 3. The van der Waals surface area contributed by atoms with Gasteiger partial charge in [0.15, 0.2) is 0 Å². The minimum absolute atomic E-state index is 0. The SMILES string of the molecule is CNCC(C)C(=O)N1CCN(C(c2ccccc2)c2ccccc2)CC1.Cl.Cl. The third kappa shape index (κ3) is 5.95. The smallest absolute Gasteiger partial charge is 0.226 e. The van der Waals surface area contributed by atoms with Crippen molar-refractivity contribution in [1.82, 2.24) is 15.1 Å². The van der Waals surface area contributed by atoms with Crippen molar-refractivity contribution in [3.8, 4) is 0 Å². The van der Waals surface area contributed by atoms with Crippen LogP contribution in [0.15, 0.2) is 60.7 Å². The minimum Gasteiger partial charge on any atom is -0.340 e. The van der Waals surface area contributed by atoms with Crippen LogP contribution in [-0.4, -0.2) is 55.5 Å². The molecule has 0 aliphatic carbocycles. The second-order valence-corrected chi connectivity index (χ2v) is 7.04. The summed E-state index contributed by atoms with van der Waals surface area (Å²) in [4.78, 5) is 17.1. The second-order valence-electron chi connectivity index (χ2n) is 7.04. The van der Waals surface area contributed by atoms with Gasteiger partial charge in [-0.1, -0.05) is 67.6 Å². The van der Waals surface area contributed by atoms with Crippen LogP contribution in [0.4, 0.5) is 0 Å². The van der Waals surface area contributed by atoms with Gasteiger partial charge in [-0.05, 0) is 18.2 Å². The van der Waals surface area contributed by atoms with Crippen LogP contribution in [0.1, 0.15) is 24.1 Å². The van der Waals surface area contributed by atoms with Crippen LogP contribution < -0.4 is 5.32 Å². The standard InChI is InChI=1S/C22H29N3O.2ClH/c1-18(17-23-2)22(26)25-15-13-24(14-16-25)21(19-9-5-3-6-10-19)20-11-7-4-8-12-20;;/h3-12,18,21,23H,13-17H2,1-2H3;2*1H. The van der Waals surface area contributed by atoms with Gasteiger partial charge in [-0.3, -0.25) is 9.69 Å². The molecule has 1 aliphatic rings. The molecule has 0 bridgehead atoms. The highest BCUT2D eigenvalue weighted by Crippen LogP contribution is 2.29. The molecule has 0 spiro atoms. The summed E-state index contributed by atoms with van der Waals surface area (Å²) in [7, 11) is 1.89. The number of nitrogens with one attached hydrogen (secondary N) is 1. The van der Waals surface area contributed by atoms with E-state index in [1.54, 1.807) is 0 Å². The second kappa shape index (κ2) is 12.1. The maximum atomic E-state index is 12.6. The van der Waals surface area contributed by atoms with E-state index in [1.807, 2.05) is 18.9 Å². The molecule has 28 heavy (non-hydrogen) atoms. The number of hydrogen-bond donors (Lipinski definition) is 1. The first-order valence-corrected chi connectivity index (χ1v) is 9.48. The van der Waals surface area contributed by atoms with Gasteiger partial charge < -0.3 is 10.2 Å². The van der Waals surface area contributed by atoms with Gasteiger partial charge in [-0.15, -0.1) is 24.8 Å². The minimum atomic E-state index is 0. The third-order valence-electron chi connectivity index (χ3n) is 5.15. The Morgan fingerprint density at radius 1 is 0.893 bits per heavy atom. The molecule has 1 N–H and O–H groups in total. The lowest BCUT2D eigenvalue weighted by Gasteiger charge is -2.40. The molecule has 1 unspecified atom stereocenters. The van der Waals surface area contributed by atoms with Crippen LogP contribution in [0.5, 0.6) is 0 Å². The molecular weight excluding hydrogens is 393 g/mol. The Labute approximate surface area is 181 Å².